The van der Waals surface area contributed by atoms with Crippen molar-refractivity contribution in [2.24, 2.45) is 0 Å². The van der Waals surface area contributed by atoms with E-state index in [1.165, 1.54) is 5.56 Å². The molecule has 28 heavy (non-hydrogen) atoms. The summed E-state index contributed by atoms with van der Waals surface area (Å²) in [4.78, 5) is 15.0. The van der Waals surface area contributed by atoms with Crippen LogP contribution in [0.3, 0.4) is 0 Å². The number of aromatic nitrogens is 2. The summed E-state index contributed by atoms with van der Waals surface area (Å²) in [5.41, 5.74) is 1.72. The lowest BCUT2D eigenvalue weighted by molar-refractivity contribution is 0.0928. The fourth-order valence-electron chi connectivity index (χ4n) is 3.80. The molecule has 1 aromatic heterocycles. The lowest BCUT2D eigenvalue weighted by Gasteiger charge is -2.30. The van der Waals surface area contributed by atoms with E-state index in [0.29, 0.717) is 18.3 Å². The summed E-state index contributed by atoms with van der Waals surface area (Å²) in [7, 11) is 0. The molecule has 0 bridgehead atoms. The van der Waals surface area contributed by atoms with Gasteiger partial charge in [0.15, 0.2) is 0 Å². The number of piperidine rings is 1. The third-order valence-electron chi connectivity index (χ3n) is 5.38. The van der Waals surface area contributed by atoms with Crippen LogP contribution in [0.25, 0.3) is 0 Å². The number of benzene rings is 1. The molecule has 0 spiro atoms. The molecule has 7 heteroatoms. The number of halogens is 1. The first-order valence-corrected chi connectivity index (χ1v) is 10.1. The van der Waals surface area contributed by atoms with Crippen molar-refractivity contribution in [2.45, 2.75) is 38.8 Å². The highest BCUT2D eigenvalue weighted by Gasteiger charge is 2.21. The van der Waals surface area contributed by atoms with Gasteiger partial charge in [0.2, 0.25) is 0 Å². The van der Waals surface area contributed by atoms with Gasteiger partial charge in [-0.1, -0.05) is 44.2 Å². The Bertz CT molecular complexity index is 711. The molecule has 0 saturated carbocycles. The van der Waals surface area contributed by atoms with Gasteiger partial charge >= 0.3 is 0 Å². The van der Waals surface area contributed by atoms with Gasteiger partial charge in [0.25, 0.3) is 5.91 Å². The van der Waals surface area contributed by atoms with Crippen LogP contribution in [0.1, 0.15) is 54.8 Å². The van der Waals surface area contributed by atoms with Gasteiger partial charge in [-0.3, -0.25) is 14.4 Å². The summed E-state index contributed by atoms with van der Waals surface area (Å²) < 4.78 is 1.93. The molecule has 1 aliphatic rings. The van der Waals surface area contributed by atoms with Crippen molar-refractivity contribution >= 4 is 18.3 Å². The van der Waals surface area contributed by atoms with Crippen LogP contribution < -0.4 is 10.6 Å². The van der Waals surface area contributed by atoms with E-state index in [4.69, 9.17) is 0 Å². The second kappa shape index (κ2) is 11.2. The van der Waals surface area contributed by atoms with Crippen LogP contribution in [-0.2, 0) is 0 Å². The summed E-state index contributed by atoms with van der Waals surface area (Å²) in [6.07, 6.45) is 4.17. The largest absolute Gasteiger partial charge is 0.349 e. The van der Waals surface area contributed by atoms with Crippen LogP contribution in [0.5, 0.6) is 0 Å². The SMILES string of the molecule is CCN(CC)C(CNC(=O)c1ccn(C2CCCNC2)n1)c1ccccc1.Cl. The number of nitrogens with zero attached hydrogens (tertiary/aromatic N) is 3. The highest BCUT2D eigenvalue weighted by molar-refractivity contribution is 5.92. The summed E-state index contributed by atoms with van der Waals surface area (Å²) in [6.45, 7) is 8.74. The lowest BCUT2D eigenvalue weighted by atomic mass is 10.1. The zero-order chi connectivity index (χ0) is 19.1. The topological polar surface area (TPSA) is 62.2 Å². The number of amides is 1. The van der Waals surface area contributed by atoms with Gasteiger partial charge < -0.3 is 10.6 Å². The molecule has 2 atom stereocenters. The highest BCUT2D eigenvalue weighted by Crippen LogP contribution is 2.20. The number of nitrogens with one attached hydrogen (secondary N) is 2. The molecule has 0 aliphatic carbocycles. The summed E-state index contributed by atoms with van der Waals surface area (Å²) in [5.74, 6) is -0.106. The van der Waals surface area contributed by atoms with E-state index in [2.05, 4.69) is 46.6 Å². The number of hydrogen-bond acceptors (Lipinski definition) is 4. The fourth-order valence-corrected chi connectivity index (χ4v) is 3.80. The van der Waals surface area contributed by atoms with Crippen LogP contribution in [0, 0.1) is 0 Å². The molecule has 3 rings (SSSR count). The van der Waals surface area contributed by atoms with Crippen molar-refractivity contribution in [1.82, 2.24) is 25.3 Å². The lowest BCUT2D eigenvalue weighted by Crippen LogP contribution is -2.38. The van der Waals surface area contributed by atoms with Crippen LogP contribution in [0.2, 0.25) is 0 Å². The Morgan fingerprint density at radius 1 is 1.29 bits per heavy atom. The maximum absolute atomic E-state index is 12.7. The van der Waals surface area contributed by atoms with Gasteiger partial charge in [-0.25, -0.2) is 0 Å². The first kappa shape index (κ1) is 22.4. The van der Waals surface area contributed by atoms with E-state index in [1.807, 2.05) is 35.1 Å². The molecule has 1 aliphatic heterocycles. The molecule has 154 valence electrons. The molecule has 2 N–H and O–H groups in total. The quantitative estimate of drug-likeness (QED) is 0.708. The Hall–Kier alpha value is -1.89. The van der Waals surface area contributed by atoms with Crippen molar-refractivity contribution in [1.29, 1.82) is 0 Å². The maximum Gasteiger partial charge on any atom is 0.271 e. The zero-order valence-electron chi connectivity index (χ0n) is 16.8. The van der Waals surface area contributed by atoms with E-state index in [0.717, 1.165) is 39.0 Å². The molecule has 2 unspecified atom stereocenters. The molecular formula is C21H32ClN5O. The zero-order valence-corrected chi connectivity index (χ0v) is 17.6. The minimum Gasteiger partial charge on any atom is -0.349 e. The monoisotopic (exact) mass is 405 g/mol. The first-order valence-electron chi connectivity index (χ1n) is 10.1. The molecule has 2 aromatic rings. The Balaban J connectivity index is 0.00000280. The summed E-state index contributed by atoms with van der Waals surface area (Å²) in [5, 5.41) is 11.0. The molecular weight excluding hydrogens is 374 g/mol. The second-order valence-corrected chi connectivity index (χ2v) is 7.04. The normalized spacial score (nSPS) is 17.8. The third-order valence-corrected chi connectivity index (χ3v) is 5.38. The van der Waals surface area contributed by atoms with Gasteiger partial charge in [0.05, 0.1) is 12.1 Å². The summed E-state index contributed by atoms with van der Waals surface area (Å²) in [6, 6.07) is 12.7. The van der Waals surface area contributed by atoms with Crippen molar-refractivity contribution in [2.75, 3.05) is 32.7 Å². The van der Waals surface area contributed by atoms with E-state index < -0.39 is 0 Å². The smallest absolute Gasteiger partial charge is 0.271 e. The first-order chi connectivity index (χ1) is 13.2. The van der Waals surface area contributed by atoms with E-state index >= 15 is 0 Å². The number of likely N-dealkylation sites (N-methyl/N-ethyl adjacent to an activating group) is 1. The van der Waals surface area contributed by atoms with Crippen molar-refractivity contribution < 1.29 is 4.79 Å². The van der Waals surface area contributed by atoms with E-state index in [1.54, 1.807) is 0 Å². The van der Waals surface area contributed by atoms with Crippen molar-refractivity contribution in [3.05, 3.63) is 53.9 Å². The average molecular weight is 406 g/mol. The molecule has 1 amide bonds. The molecule has 1 saturated heterocycles. The van der Waals surface area contributed by atoms with Gasteiger partial charge in [-0.15, -0.1) is 12.4 Å². The van der Waals surface area contributed by atoms with Crippen LogP contribution >= 0.6 is 12.4 Å². The Kier molecular flexibility index (Phi) is 8.96. The molecule has 2 heterocycles. The Morgan fingerprint density at radius 3 is 2.68 bits per heavy atom. The van der Waals surface area contributed by atoms with Crippen LogP contribution in [-0.4, -0.2) is 53.3 Å². The Labute approximate surface area is 174 Å². The van der Waals surface area contributed by atoms with E-state index in [9.17, 15) is 4.79 Å². The Morgan fingerprint density at radius 2 is 2.04 bits per heavy atom. The van der Waals surface area contributed by atoms with Gasteiger partial charge in [-0.05, 0) is 44.1 Å². The second-order valence-electron chi connectivity index (χ2n) is 7.04. The number of hydrogen-bond donors (Lipinski definition) is 2. The van der Waals surface area contributed by atoms with Crippen molar-refractivity contribution in [3.63, 3.8) is 0 Å². The van der Waals surface area contributed by atoms with Crippen LogP contribution in [0.4, 0.5) is 0 Å². The molecule has 6 nitrogen and oxygen atoms in total. The van der Waals surface area contributed by atoms with Gasteiger partial charge in [0, 0.05) is 19.3 Å². The number of carbonyl (C=O) groups excluding carboxylic acids is 1. The maximum atomic E-state index is 12.7. The minimum atomic E-state index is -0.106. The average Bonchev–Trinajstić information content (AvgIpc) is 3.22. The van der Waals surface area contributed by atoms with Crippen molar-refractivity contribution in [3.8, 4) is 0 Å². The fraction of sp³-hybridized carbons (Fsp3) is 0.524. The predicted octanol–water partition coefficient (Wildman–Crippen LogP) is 3.04. The predicted molar refractivity (Wildman–Crippen MR) is 115 cm³/mol. The van der Waals surface area contributed by atoms with Gasteiger partial charge in [-0.2, -0.15) is 5.10 Å². The highest BCUT2D eigenvalue weighted by atomic mass is 35.5. The standard InChI is InChI=1S/C21H31N5O.ClH/c1-3-25(4-2)20(17-9-6-5-7-10-17)16-23-21(27)19-12-14-26(24-19)18-11-8-13-22-15-18;/h5-7,9-10,12,14,18,20,22H,3-4,8,11,13,15-16H2,1-2H3,(H,23,27);1H. The van der Waals surface area contributed by atoms with Crippen LogP contribution in [0.15, 0.2) is 42.6 Å². The molecule has 0 radical (unpaired) electrons. The number of carbonyl (C=O) groups is 1. The number of rotatable bonds is 8. The molecule has 1 fully saturated rings. The molecule has 1 aromatic carbocycles. The van der Waals surface area contributed by atoms with Gasteiger partial charge in [0.1, 0.15) is 5.69 Å². The summed E-state index contributed by atoms with van der Waals surface area (Å²) >= 11 is 0. The van der Waals surface area contributed by atoms with E-state index in [-0.39, 0.29) is 24.4 Å². The minimum absolute atomic E-state index is 0. The third kappa shape index (κ3) is 5.56.